The highest BCUT2D eigenvalue weighted by atomic mass is 16.7. The van der Waals surface area contributed by atoms with Crippen LogP contribution < -0.4 is 0 Å². The van der Waals surface area contributed by atoms with Crippen molar-refractivity contribution in [3.63, 3.8) is 0 Å². The number of fused-ring (bicyclic) bond motifs is 1. The summed E-state index contributed by atoms with van der Waals surface area (Å²) in [4.78, 5) is 25.4. The van der Waals surface area contributed by atoms with Gasteiger partial charge in [0, 0.05) is 23.7 Å². The monoisotopic (exact) mass is 504 g/mol. The number of hydrogen-bond donors (Lipinski definition) is 0. The molecular weight excluding hydrogens is 468 g/mol. The molecule has 7 atom stereocenters. The molecule has 2 fully saturated rings. The molecule has 2 saturated heterocycles. The summed E-state index contributed by atoms with van der Waals surface area (Å²) in [5.74, 6) is -1.33. The highest BCUT2D eigenvalue weighted by Gasteiger charge is 2.66. The van der Waals surface area contributed by atoms with E-state index >= 15 is 0 Å². The van der Waals surface area contributed by atoms with Gasteiger partial charge in [-0.25, -0.2) is 9.59 Å². The van der Waals surface area contributed by atoms with Crippen molar-refractivity contribution in [3.8, 4) is 0 Å². The van der Waals surface area contributed by atoms with Gasteiger partial charge in [-0.05, 0) is 51.5 Å². The Balaban J connectivity index is 1.29. The summed E-state index contributed by atoms with van der Waals surface area (Å²) >= 11 is 0. The van der Waals surface area contributed by atoms with Gasteiger partial charge in [0.1, 0.15) is 18.3 Å². The first-order valence-corrected chi connectivity index (χ1v) is 13.1. The highest BCUT2D eigenvalue weighted by Crippen LogP contribution is 2.62. The van der Waals surface area contributed by atoms with E-state index in [1.54, 1.807) is 24.3 Å². The van der Waals surface area contributed by atoms with Crippen LogP contribution in [0.2, 0.25) is 0 Å². The third kappa shape index (κ3) is 4.40. The molecule has 0 N–H and O–H groups in total. The van der Waals surface area contributed by atoms with Crippen LogP contribution in [0.25, 0.3) is 0 Å². The van der Waals surface area contributed by atoms with Crippen molar-refractivity contribution in [3.05, 3.63) is 83.4 Å². The Morgan fingerprint density at radius 1 is 0.973 bits per heavy atom. The molecule has 5 rings (SSSR count). The Hall–Kier alpha value is -2.96. The maximum absolute atomic E-state index is 12.9. The Bertz CT molecular complexity index is 1190. The molecule has 6 nitrogen and oxygen atoms in total. The van der Waals surface area contributed by atoms with E-state index in [0.29, 0.717) is 17.5 Å². The average Bonchev–Trinajstić information content (AvgIpc) is 3.47. The fourth-order valence-corrected chi connectivity index (χ4v) is 6.51. The van der Waals surface area contributed by atoms with Crippen molar-refractivity contribution in [2.45, 2.75) is 71.1 Å². The standard InChI is InChI=1S/C31H36O6/c1-20-18-25-26(30(20,5)22(3)35-28(33)24-14-10-7-11-15-24)21(2)31(36-25)17-16-29(4,37-31)19-34-27(32)23-12-8-6-9-13-23/h6-15,18,21-22,25-26H,16-17,19H2,1-5H3/t21-,22+,25-,26-,29-,30+,31-/m0/s1. The quantitative estimate of drug-likeness (QED) is 0.356. The van der Waals surface area contributed by atoms with Crippen LogP contribution in [-0.2, 0) is 18.9 Å². The van der Waals surface area contributed by atoms with E-state index in [1.165, 1.54) is 0 Å². The molecule has 0 aromatic heterocycles. The first-order valence-electron chi connectivity index (χ1n) is 13.1. The maximum atomic E-state index is 12.9. The summed E-state index contributed by atoms with van der Waals surface area (Å²) in [5, 5.41) is 0. The SMILES string of the molecule is CC1=C[C@@H]2O[C@]3(CC[C@@](C)(COC(=O)c4ccccc4)O3)[C@@H](C)[C@@H]2[C@@]1(C)[C@@H](C)OC(=O)c1ccccc1. The zero-order valence-electron chi connectivity index (χ0n) is 22.2. The van der Waals surface area contributed by atoms with Crippen molar-refractivity contribution in [1.29, 1.82) is 0 Å². The molecule has 2 aliphatic heterocycles. The van der Waals surface area contributed by atoms with Crippen LogP contribution in [0.4, 0.5) is 0 Å². The van der Waals surface area contributed by atoms with Crippen molar-refractivity contribution in [2.24, 2.45) is 17.3 Å². The van der Waals surface area contributed by atoms with Crippen LogP contribution in [0.3, 0.4) is 0 Å². The van der Waals surface area contributed by atoms with Gasteiger partial charge in [0.25, 0.3) is 0 Å². The molecule has 1 spiro atoms. The lowest BCUT2D eigenvalue weighted by atomic mass is 9.66. The minimum Gasteiger partial charge on any atom is -0.459 e. The zero-order valence-corrected chi connectivity index (χ0v) is 22.2. The van der Waals surface area contributed by atoms with E-state index in [-0.39, 0.29) is 42.6 Å². The lowest BCUT2D eigenvalue weighted by Gasteiger charge is -2.42. The number of rotatable bonds is 6. The van der Waals surface area contributed by atoms with E-state index < -0.39 is 16.8 Å². The third-order valence-corrected chi connectivity index (χ3v) is 8.96. The van der Waals surface area contributed by atoms with Crippen LogP contribution >= 0.6 is 0 Å². The normalized spacial score (nSPS) is 35.2. The van der Waals surface area contributed by atoms with Crippen LogP contribution in [0.5, 0.6) is 0 Å². The van der Waals surface area contributed by atoms with Crippen LogP contribution in [0, 0.1) is 17.3 Å². The molecule has 2 aromatic rings. The van der Waals surface area contributed by atoms with E-state index in [4.69, 9.17) is 18.9 Å². The zero-order chi connectivity index (χ0) is 26.4. The number of esters is 2. The number of hydrogen-bond acceptors (Lipinski definition) is 6. The van der Waals surface area contributed by atoms with E-state index in [2.05, 4.69) is 26.8 Å². The highest BCUT2D eigenvalue weighted by molar-refractivity contribution is 5.89. The Morgan fingerprint density at radius 2 is 1.57 bits per heavy atom. The average molecular weight is 505 g/mol. The Morgan fingerprint density at radius 3 is 2.19 bits per heavy atom. The molecule has 3 aliphatic rings. The summed E-state index contributed by atoms with van der Waals surface area (Å²) in [6, 6.07) is 18.1. The van der Waals surface area contributed by atoms with Gasteiger partial charge >= 0.3 is 11.9 Å². The van der Waals surface area contributed by atoms with Crippen molar-refractivity contribution in [2.75, 3.05) is 6.61 Å². The largest absolute Gasteiger partial charge is 0.459 e. The molecule has 0 saturated carbocycles. The van der Waals surface area contributed by atoms with Gasteiger partial charge in [-0.2, -0.15) is 0 Å². The first-order chi connectivity index (χ1) is 17.6. The van der Waals surface area contributed by atoms with Crippen molar-refractivity contribution >= 4 is 11.9 Å². The minimum absolute atomic E-state index is 0.0423. The summed E-state index contributed by atoms with van der Waals surface area (Å²) < 4.78 is 25.0. The molecule has 2 aromatic carbocycles. The van der Waals surface area contributed by atoms with Gasteiger partial charge in [-0.3, -0.25) is 0 Å². The van der Waals surface area contributed by atoms with Gasteiger partial charge in [-0.15, -0.1) is 0 Å². The second-order valence-corrected chi connectivity index (χ2v) is 11.2. The van der Waals surface area contributed by atoms with E-state index in [1.807, 2.05) is 50.2 Å². The summed E-state index contributed by atoms with van der Waals surface area (Å²) in [6.45, 7) is 10.5. The predicted molar refractivity (Wildman–Crippen MR) is 139 cm³/mol. The van der Waals surface area contributed by atoms with Gasteiger partial charge in [0.2, 0.25) is 0 Å². The van der Waals surface area contributed by atoms with Gasteiger partial charge in [0.15, 0.2) is 5.79 Å². The molecule has 0 radical (unpaired) electrons. The van der Waals surface area contributed by atoms with E-state index in [9.17, 15) is 9.59 Å². The molecule has 0 amide bonds. The number of ether oxygens (including phenoxy) is 4. The summed E-state index contributed by atoms with van der Waals surface area (Å²) in [6.07, 6.45) is 3.11. The molecule has 1 aliphatic carbocycles. The molecule has 6 heteroatoms. The fourth-order valence-electron chi connectivity index (χ4n) is 6.51. The number of benzene rings is 2. The minimum atomic E-state index is -0.773. The molecule has 196 valence electrons. The Labute approximate surface area is 218 Å². The molecular formula is C31H36O6. The fraction of sp³-hybridized carbons (Fsp3) is 0.484. The smallest absolute Gasteiger partial charge is 0.338 e. The van der Waals surface area contributed by atoms with Gasteiger partial charge in [0.05, 0.1) is 17.2 Å². The molecule has 2 heterocycles. The lowest BCUT2D eigenvalue weighted by molar-refractivity contribution is -0.254. The van der Waals surface area contributed by atoms with Crippen molar-refractivity contribution in [1.82, 2.24) is 0 Å². The van der Waals surface area contributed by atoms with Gasteiger partial charge < -0.3 is 18.9 Å². The lowest BCUT2D eigenvalue weighted by Crippen LogP contribution is -2.46. The van der Waals surface area contributed by atoms with Gasteiger partial charge in [-0.1, -0.05) is 61.9 Å². The first kappa shape index (κ1) is 25.7. The summed E-state index contributed by atoms with van der Waals surface area (Å²) in [7, 11) is 0. The van der Waals surface area contributed by atoms with Crippen LogP contribution in [-0.4, -0.2) is 42.1 Å². The molecule has 0 bridgehead atoms. The molecule has 37 heavy (non-hydrogen) atoms. The van der Waals surface area contributed by atoms with Crippen LogP contribution in [0.1, 0.15) is 68.2 Å². The predicted octanol–water partition coefficient (Wildman–Crippen LogP) is 5.97. The number of carbonyl (C=O) groups excluding carboxylic acids is 2. The topological polar surface area (TPSA) is 71.1 Å². The third-order valence-electron chi connectivity index (χ3n) is 8.96. The second-order valence-electron chi connectivity index (χ2n) is 11.2. The number of carbonyl (C=O) groups is 2. The molecule has 0 unspecified atom stereocenters. The Kier molecular flexibility index (Phi) is 6.53. The maximum Gasteiger partial charge on any atom is 0.338 e. The summed E-state index contributed by atoms with van der Waals surface area (Å²) in [5.41, 5.74) is 1.18. The van der Waals surface area contributed by atoms with Crippen LogP contribution in [0.15, 0.2) is 72.3 Å². The second kappa shape index (κ2) is 9.41. The van der Waals surface area contributed by atoms with Crippen molar-refractivity contribution < 1.29 is 28.5 Å². The van der Waals surface area contributed by atoms with E-state index in [0.717, 1.165) is 12.0 Å².